The molecule has 0 saturated heterocycles. The Morgan fingerprint density at radius 3 is 1.44 bits per heavy atom. The molecule has 1 aliphatic rings. The van der Waals surface area contributed by atoms with Gasteiger partial charge in [-0.2, -0.15) is 0 Å². The lowest BCUT2D eigenvalue weighted by molar-refractivity contribution is 1.56. The van der Waals surface area contributed by atoms with Crippen LogP contribution in [0.15, 0.2) is 194 Å². The molecule has 0 fully saturated rings. The van der Waals surface area contributed by atoms with Gasteiger partial charge in [0.15, 0.2) is 0 Å². The highest BCUT2D eigenvalue weighted by molar-refractivity contribution is 6.25. The monoisotopic (exact) mass is 632 g/mol. The first kappa shape index (κ1) is 28.5. The predicted octanol–water partition coefficient (Wildman–Crippen LogP) is 14.0. The van der Waals surface area contributed by atoms with Gasteiger partial charge in [-0.25, -0.2) is 0 Å². The zero-order chi connectivity index (χ0) is 33.0. The minimum Gasteiger partial charge on any atom is -0.0622 e. The predicted molar refractivity (Wildman–Crippen MR) is 213 cm³/mol. The van der Waals surface area contributed by atoms with E-state index in [1.165, 1.54) is 99.4 Å². The van der Waals surface area contributed by atoms with Gasteiger partial charge in [0, 0.05) is 0 Å². The zero-order valence-corrected chi connectivity index (χ0v) is 27.5. The lowest BCUT2D eigenvalue weighted by atomic mass is 9.82. The molecule has 0 heteroatoms. The van der Waals surface area contributed by atoms with Crippen molar-refractivity contribution in [3.8, 4) is 77.9 Å². The molecule has 1 aliphatic carbocycles. The summed E-state index contributed by atoms with van der Waals surface area (Å²) in [5, 5.41) is 5.16. The Morgan fingerprint density at radius 2 is 0.680 bits per heavy atom. The van der Waals surface area contributed by atoms with E-state index in [2.05, 4.69) is 194 Å². The van der Waals surface area contributed by atoms with Gasteiger partial charge in [-0.3, -0.25) is 0 Å². The number of hydrogen-bond donors (Lipinski definition) is 0. The summed E-state index contributed by atoms with van der Waals surface area (Å²) in [6.45, 7) is 0. The molecular weight excluding hydrogens is 601 g/mol. The fraction of sp³-hybridized carbons (Fsp3) is 0. The van der Waals surface area contributed by atoms with Crippen molar-refractivity contribution >= 4 is 21.5 Å². The van der Waals surface area contributed by atoms with Crippen molar-refractivity contribution in [2.75, 3.05) is 0 Å². The van der Waals surface area contributed by atoms with Crippen LogP contribution < -0.4 is 0 Å². The highest BCUT2D eigenvalue weighted by atomic mass is 14.3. The number of hydrogen-bond acceptors (Lipinski definition) is 0. The van der Waals surface area contributed by atoms with E-state index in [0.29, 0.717) is 0 Å². The van der Waals surface area contributed by atoms with E-state index in [1.807, 2.05) is 0 Å². The Hall–Kier alpha value is -6.50. The Bertz CT molecular complexity index is 2700. The van der Waals surface area contributed by atoms with Crippen LogP contribution in [0.4, 0.5) is 0 Å². The molecule has 0 aromatic heterocycles. The van der Waals surface area contributed by atoms with Gasteiger partial charge in [0.05, 0.1) is 0 Å². The van der Waals surface area contributed by atoms with Gasteiger partial charge in [0.1, 0.15) is 0 Å². The maximum atomic E-state index is 2.45. The summed E-state index contributed by atoms with van der Waals surface area (Å²) in [7, 11) is 0. The van der Waals surface area contributed by atoms with Crippen LogP contribution in [0.1, 0.15) is 0 Å². The van der Waals surface area contributed by atoms with E-state index in [-0.39, 0.29) is 0 Å². The molecule has 0 atom stereocenters. The summed E-state index contributed by atoms with van der Waals surface area (Å²) >= 11 is 0. The highest BCUT2D eigenvalue weighted by Gasteiger charge is 2.31. The molecular formula is C50H32. The zero-order valence-electron chi connectivity index (χ0n) is 27.5. The molecule has 232 valence electrons. The molecule has 10 rings (SSSR count). The quantitative estimate of drug-likeness (QED) is 0.177. The molecule has 0 nitrogen and oxygen atoms in total. The lowest BCUT2D eigenvalue weighted by Gasteiger charge is -2.21. The normalized spacial score (nSPS) is 11.6. The van der Waals surface area contributed by atoms with Crippen molar-refractivity contribution in [1.82, 2.24) is 0 Å². The molecule has 0 spiro atoms. The molecule has 9 aromatic rings. The summed E-state index contributed by atoms with van der Waals surface area (Å²) in [6, 6.07) is 71.2. The molecule has 0 unspecified atom stereocenters. The Morgan fingerprint density at radius 1 is 0.220 bits per heavy atom. The van der Waals surface area contributed by atoms with E-state index in [1.54, 1.807) is 0 Å². The van der Waals surface area contributed by atoms with Gasteiger partial charge in [0.25, 0.3) is 0 Å². The molecule has 0 aliphatic heterocycles. The minimum absolute atomic E-state index is 1.21. The maximum absolute atomic E-state index is 2.45. The second-order valence-corrected chi connectivity index (χ2v) is 13.2. The van der Waals surface area contributed by atoms with Crippen LogP contribution >= 0.6 is 0 Å². The summed E-state index contributed by atoms with van der Waals surface area (Å²) in [5.41, 5.74) is 17.7. The summed E-state index contributed by atoms with van der Waals surface area (Å²) in [6.07, 6.45) is 0. The Kier molecular flexibility index (Phi) is 6.60. The highest BCUT2D eigenvalue weighted by Crippen LogP contribution is 2.58. The van der Waals surface area contributed by atoms with Crippen molar-refractivity contribution < 1.29 is 0 Å². The third-order valence-electron chi connectivity index (χ3n) is 10.4. The number of rotatable bonds is 5. The molecule has 0 amide bonds. The van der Waals surface area contributed by atoms with E-state index in [9.17, 15) is 0 Å². The molecule has 0 bridgehead atoms. The summed E-state index contributed by atoms with van der Waals surface area (Å²) < 4.78 is 0. The van der Waals surface area contributed by atoms with E-state index < -0.39 is 0 Å². The molecule has 0 N–H and O–H groups in total. The second-order valence-electron chi connectivity index (χ2n) is 13.2. The van der Waals surface area contributed by atoms with Gasteiger partial charge < -0.3 is 0 Å². The molecule has 0 radical (unpaired) electrons. The second kappa shape index (κ2) is 11.6. The van der Waals surface area contributed by atoms with Crippen LogP contribution in [-0.4, -0.2) is 0 Å². The van der Waals surface area contributed by atoms with Gasteiger partial charge in [-0.1, -0.05) is 188 Å². The molecule has 0 heterocycles. The topological polar surface area (TPSA) is 0 Å². The maximum Gasteiger partial charge on any atom is -0.000763 e. The van der Waals surface area contributed by atoms with Gasteiger partial charge in [-0.05, 0) is 105 Å². The van der Waals surface area contributed by atoms with Crippen LogP contribution in [0.5, 0.6) is 0 Å². The van der Waals surface area contributed by atoms with E-state index >= 15 is 0 Å². The summed E-state index contributed by atoms with van der Waals surface area (Å²) in [4.78, 5) is 0. The molecule has 9 aromatic carbocycles. The average Bonchev–Trinajstić information content (AvgIpc) is 3.54. The Labute approximate surface area is 292 Å². The minimum atomic E-state index is 1.21. The van der Waals surface area contributed by atoms with Crippen molar-refractivity contribution in [3.63, 3.8) is 0 Å². The first-order valence-corrected chi connectivity index (χ1v) is 17.4. The molecule has 50 heavy (non-hydrogen) atoms. The van der Waals surface area contributed by atoms with Crippen molar-refractivity contribution in [1.29, 1.82) is 0 Å². The largest absolute Gasteiger partial charge is 0.0622 e. The number of fused-ring (bicyclic) bond motifs is 4. The average molecular weight is 633 g/mol. The lowest BCUT2D eigenvalue weighted by Crippen LogP contribution is -1.94. The van der Waals surface area contributed by atoms with Crippen LogP contribution in [0.3, 0.4) is 0 Å². The Balaban J connectivity index is 1.29. The standard InChI is InChI=1S/C50H32/c1-4-14-33(15-5-1)34-26-28-37(29-27-34)45-32-46(36-16-6-2-7-17-36)49-43-25-13-24-42-41(40-23-12-21-35-18-10-11-22-39(35)40)30-31-44(48(42)43)50(49)47(45)38-19-8-3-9-20-38/h1-32H. The SMILES string of the molecule is c1ccc(-c2ccc(-c3cc(-c4ccccc4)c4c(c3-c3ccccc3)-c3ccc(-c5cccc6ccccc56)c5cccc-4c35)cc2)cc1. The van der Waals surface area contributed by atoms with Crippen molar-refractivity contribution in [3.05, 3.63) is 194 Å². The van der Waals surface area contributed by atoms with E-state index in [0.717, 1.165) is 0 Å². The van der Waals surface area contributed by atoms with Gasteiger partial charge in [-0.15, -0.1) is 0 Å². The fourth-order valence-electron chi connectivity index (χ4n) is 8.20. The third kappa shape index (κ3) is 4.46. The molecule has 0 saturated carbocycles. The van der Waals surface area contributed by atoms with Crippen LogP contribution in [-0.2, 0) is 0 Å². The van der Waals surface area contributed by atoms with Crippen LogP contribution in [0.25, 0.3) is 99.4 Å². The van der Waals surface area contributed by atoms with Crippen LogP contribution in [0.2, 0.25) is 0 Å². The smallest absolute Gasteiger partial charge is 0.000763 e. The van der Waals surface area contributed by atoms with Crippen molar-refractivity contribution in [2.24, 2.45) is 0 Å². The van der Waals surface area contributed by atoms with Gasteiger partial charge >= 0.3 is 0 Å². The van der Waals surface area contributed by atoms with Crippen molar-refractivity contribution in [2.45, 2.75) is 0 Å². The van der Waals surface area contributed by atoms with Gasteiger partial charge in [0.2, 0.25) is 0 Å². The third-order valence-corrected chi connectivity index (χ3v) is 10.4. The van der Waals surface area contributed by atoms with E-state index in [4.69, 9.17) is 0 Å². The fourth-order valence-corrected chi connectivity index (χ4v) is 8.20. The first-order chi connectivity index (χ1) is 24.8. The van der Waals surface area contributed by atoms with Crippen LogP contribution in [0, 0.1) is 0 Å². The first-order valence-electron chi connectivity index (χ1n) is 17.4. The summed E-state index contributed by atoms with van der Waals surface area (Å²) in [5.74, 6) is 0. The number of benzene rings is 9.